The number of rotatable bonds is 6. The van der Waals surface area contributed by atoms with Crippen molar-refractivity contribution in [1.29, 1.82) is 0 Å². The topological polar surface area (TPSA) is 15.3 Å². The molecule has 2 rings (SSSR count). The highest BCUT2D eigenvalue weighted by atomic mass is 35.5. The molecule has 1 fully saturated rings. The number of nitrogens with zero attached hydrogens (tertiary/aromatic N) is 1. The molecule has 0 bridgehead atoms. The molecule has 0 amide bonds. The second kappa shape index (κ2) is 7.49. The van der Waals surface area contributed by atoms with Gasteiger partial charge in [0.1, 0.15) is 0 Å². The molecule has 1 aliphatic heterocycles. The summed E-state index contributed by atoms with van der Waals surface area (Å²) in [4.78, 5) is 3.94. The highest BCUT2D eigenvalue weighted by Gasteiger charge is 2.16. The van der Waals surface area contributed by atoms with Crippen molar-refractivity contribution >= 4 is 22.9 Å². The van der Waals surface area contributed by atoms with E-state index in [0.717, 1.165) is 11.6 Å². The van der Waals surface area contributed by atoms with E-state index in [1.165, 1.54) is 50.2 Å². The Balaban J connectivity index is 1.86. The van der Waals surface area contributed by atoms with Crippen LogP contribution in [0.15, 0.2) is 11.4 Å². The van der Waals surface area contributed by atoms with Crippen molar-refractivity contribution in [2.24, 2.45) is 0 Å². The minimum Gasteiger partial charge on any atom is -0.313 e. The minimum absolute atomic E-state index is 0.681. The lowest BCUT2D eigenvalue weighted by molar-refractivity contribution is 0.219. The van der Waals surface area contributed by atoms with E-state index in [1.54, 1.807) is 11.3 Å². The van der Waals surface area contributed by atoms with Gasteiger partial charge in [0.25, 0.3) is 0 Å². The molecule has 1 aromatic rings. The molecule has 18 heavy (non-hydrogen) atoms. The van der Waals surface area contributed by atoms with Gasteiger partial charge in [-0.25, -0.2) is 0 Å². The van der Waals surface area contributed by atoms with Crippen LogP contribution in [0, 0.1) is 0 Å². The normalized spacial score (nSPS) is 20.5. The van der Waals surface area contributed by atoms with Crippen molar-refractivity contribution in [3.63, 3.8) is 0 Å². The van der Waals surface area contributed by atoms with Crippen LogP contribution in [0.1, 0.15) is 37.5 Å². The molecule has 0 spiro atoms. The fourth-order valence-electron chi connectivity index (χ4n) is 2.60. The first-order valence-electron chi connectivity index (χ1n) is 6.96. The first kappa shape index (κ1) is 14.3. The standard InChI is InChI=1S/C14H23ClN2S/c1-2-7-17(9-13-5-3-4-6-16-13)10-14-8-12(15)11-18-14/h8,11,13,16H,2-7,9-10H2,1H3. The molecule has 4 heteroatoms. The van der Waals surface area contributed by atoms with Gasteiger partial charge in [0.15, 0.2) is 0 Å². The quantitative estimate of drug-likeness (QED) is 0.857. The van der Waals surface area contributed by atoms with E-state index < -0.39 is 0 Å². The first-order chi connectivity index (χ1) is 8.78. The molecule has 1 N–H and O–H groups in total. The van der Waals surface area contributed by atoms with Crippen LogP contribution in [0.3, 0.4) is 0 Å². The molecule has 0 aromatic carbocycles. The molecule has 0 radical (unpaired) electrons. The van der Waals surface area contributed by atoms with Crippen LogP contribution in [0.25, 0.3) is 0 Å². The Kier molecular flexibility index (Phi) is 5.96. The molecule has 2 heterocycles. The van der Waals surface area contributed by atoms with Gasteiger partial charge < -0.3 is 5.32 Å². The largest absolute Gasteiger partial charge is 0.313 e. The van der Waals surface area contributed by atoms with Crippen molar-refractivity contribution in [3.8, 4) is 0 Å². The molecule has 2 nitrogen and oxygen atoms in total. The van der Waals surface area contributed by atoms with E-state index >= 15 is 0 Å². The number of nitrogens with one attached hydrogen (secondary N) is 1. The van der Waals surface area contributed by atoms with Crippen LogP contribution in [0.5, 0.6) is 0 Å². The number of hydrogen-bond donors (Lipinski definition) is 1. The van der Waals surface area contributed by atoms with Gasteiger partial charge >= 0.3 is 0 Å². The predicted octanol–water partition coefficient (Wildman–Crippen LogP) is 3.76. The van der Waals surface area contributed by atoms with Gasteiger partial charge in [-0.1, -0.05) is 24.9 Å². The van der Waals surface area contributed by atoms with E-state index in [2.05, 4.69) is 23.2 Å². The average molecular weight is 287 g/mol. The van der Waals surface area contributed by atoms with Gasteiger partial charge in [0, 0.05) is 29.4 Å². The summed E-state index contributed by atoms with van der Waals surface area (Å²) in [6.45, 7) is 6.83. The highest BCUT2D eigenvalue weighted by Crippen LogP contribution is 2.21. The van der Waals surface area contributed by atoms with Gasteiger partial charge in [-0.05, 0) is 38.4 Å². The third kappa shape index (κ3) is 4.54. The SMILES string of the molecule is CCCN(Cc1cc(Cl)cs1)CC1CCCCN1. The Labute approximate surface area is 119 Å². The number of piperidine rings is 1. The lowest BCUT2D eigenvalue weighted by Crippen LogP contribution is -2.43. The maximum Gasteiger partial charge on any atom is 0.0516 e. The second-order valence-electron chi connectivity index (χ2n) is 5.11. The van der Waals surface area contributed by atoms with Crippen molar-refractivity contribution in [1.82, 2.24) is 10.2 Å². The lowest BCUT2D eigenvalue weighted by atomic mass is 10.0. The highest BCUT2D eigenvalue weighted by molar-refractivity contribution is 7.10. The first-order valence-corrected chi connectivity index (χ1v) is 8.22. The number of hydrogen-bond acceptors (Lipinski definition) is 3. The van der Waals surface area contributed by atoms with Gasteiger partial charge in [-0.2, -0.15) is 0 Å². The zero-order valence-electron chi connectivity index (χ0n) is 11.1. The maximum absolute atomic E-state index is 5.99. The van der Waals surface area contributed by atoms with Gasteiger partial charge in [-0.3, -0.25) is 4.90 Å². The van der Waals surface area contributed by atoms with Crippen LogP contribution in [0.4, 0.5) is 0 Å². The van der Waals surface area contributed by atoms with Crippen molar-refractivity contribution in [2.45, 2.75) is 45.2 Å². The summed E-state index contributed by atoms with van der Waals surface area (Å²) < 4.78 is 0. The molecule has 1 aromatic heterocycles. The Morgan fingerprint density at radius 1 is 1.50 bits per heavy atom. The van der Waals surface area contributed by atoms with E-state index in [1.807, 2.05) is 5.38 Å². The molecule has 0 aliphatic carbocycles. The van der Waals surface area contributed by atoms with Crippen molar-refractivity contribution < 1.29 is 0 Å². The van der Waals surface area contributed by atoms with Crippen molar-refractivity contribution in [3.05, 3.63) is 21.3 Å². The molecule has 0 saturated carbocycles. The van der Waals surface area contributed by atoms with E-state index in [0.29, 0.717) is 6.04 Å². The minimum atomic E-state index is 0.681. The fraction of sp³-hybridized carbons (Fsp3) is 0.714. The summed E-state index contributed by atoms with van der Waals surface area (Å²) in [5, 5.41) is 6.54. The molecule has 1 unspecified atom stereocenters. The van der Waals surface area contributed by atoms with Gasteiger partial charge in [-0.15, -0.1) is 11.3 Å². The summed E-state index contributed by atoms with van der Waals surface area (Å²) >= 11 is 7.76. The Hall–Kier alpha value is -0.0900. The van der Waals surface area contributed by atoms with Crippen LogP contribution in [-0.4, -0.2) is 30.6 Å². The van der Waals surface area contributed by atoms with Gasteiger partial charge in [0.05, 0.1) is 5.02 Å². The van der Waals surface area contributed by atoms with E-state index in [-0.39, 0.29) is 0 Å². The Morgan fingerprint density at radius 2 is 2.39 bits per heavy atom. The van der Waals surface area contributed by atoms with Crippen LogP contribution in [-0.2, 0) is 6.54 Å². The van der Waals surface area contributed by atoms with Crippen LogP contribution < -0.4 is 5.32 Å². The maximum atomic E-state index is 5.99. The lowest BCUT2D eigenvalue weighted by Gasteiger charge is -2.30. The molecule has 1 aliphatic rings. The summed E-state index contributed by atoms with van der Waals surface area (Å²) in [6, 6.07) is 2.78. The van der Waals surface area contributed by atoms with Crippen molar-refractivity contribution in [2.75, 3.05) is 19.6 Å². The van der Waals surface area contributed by atoms with E-state index in [4.69, 9.17) is 11.6 Å². The smallest absolute Gasteiger partial charge is 0.0516 e. The average Bonchev–Trinajstić information content (AvgIpc) is 2.76. The molecule has 102 valence electrons. The summed E-state index contributed by atoms with van der Waals surface area (Å²) in [6.07, 6.45) is 5.25. The summed E-state index contributed by atoms with van der Waals surface area (Å²) in [5.74, 6) is 0. The third-order valence-electron chi connectivity index (χ3n) is 3.43. The number of thiophene rings is 1. The fourth-order valence-corrected chi connectivity index (χ4v) is 3.71. The Morgan fingerprint density at radius 3 is 3.00 bits per heavy atom. The van der Waals surface area contributed by atoms with Crippen LogP contribution in [0.2, 0.25) is 5.02 Å². The summed E-state index contributed by atoms with van der Waals surface area (Å²) in [5.41, 5.74) is 0. The molecule has 1 saturated heterocycles. The third-order valence-corrected chi connectivity index (χ3v) is 4.70. The monoisotopic (exact) mass is 286 g/mol. The number of halogens is 1. The second-order valence-corrected chi connectivity index (χ2v) is 6.55. The van der Waals surface area contributed by atoms with E-state index in [9.17, 15) is 0 Å². The van der Waals surface area contributed by atoms with Gasteiger partial charge in [0.2, 0.25) is 0 Å². The Bertz CT molecular complexity index is 347. The molecular formula is C14H23ClN2S. The van der Waals surface area contributed by atoms with Crippen LogP contribution >= 0.6 is 22.9 Å². The molecule has 1 atom stereocenters. The molecular weight excluding hydrogens is 264 g/mol. The predicted molar refractivity (Wildman–Crippen MR) is 80.5 cm³/mol. The zero-order valence-corrected chi connectivity index (χ0v) is 12.7. The zero-order chi connectivity index (χ0) is 12.8. The summed E-state index contributed by atoms with van der Waals surface area (Å²) in [7, 11) is 0.